The molecule has 0 aliphatic carbocycles. The Hall–Kier alpha value is -1.82. The molecule has 1 aliphatic heterocycles. The van der Waals surface area contributed by atoms with Crippen LogP contribution < -0.4 is 0 Å². The third kappa shape index (κ3) is 3.75. The van der Waals surface area contributed by atoms with E-state index < -0.39 is 11.6 Å². The van der Waals surface area contributed by atoms with E-state index in [1.807, 2.05) is 4.90 Å². The average molecular weight is 336 g/mol. The minimum Gasteiger partial charge on any atom is -0.337 e. The van der Waals surface area contributed by atoms with Gasteiger partial charge in [-0.1, -0.05) is 19.3 Å². The number of carbonyl (C=O) groups excluding carboxylic acids is 1. The SMILES string of the molecule is O=C(c1csc(-c2ccc(F)cc2F)n1)N1CCCCCCC1. The summed E-state index contributed by atoms with van der Waals surface area (Å²) in [6.45, 7) is 1.49. The van der Waals surface area contributed by atoms with E-state index in [1.165, 1.54) is 29.9 Å². The van der Waals surface area contributed by atoms with Crippen LogP contribution in [0.3, 0.4) is 0 Å². The maximum absolute atomic E-state index is 13.8. The quantitative estimate of drug-likeness (QED) is 0.809. The minimum atomic E-state index is -0.662. The summed E-state index contributed by atoms with van der Waals surface area (Å²) >= 11 is 1.20. The number of nitrogens with zero attached hydrogens (tertiary/aromatic N) is 2. The number of rotatable bonds is 2. The van der Waals surface area contributed by atoms with Crippen molar-refractivity contribution in [1.29, 1.82) is 0 Å². The van der Waals surface area contributed by atoms with Crippen LogP contribution in [0.2, 0.25) is 0 Å². The zero-order valence-corrected chi connectivity index (χ0v) is 13.5. The Kier molecular flexibility index (Phi) is 5.00. The second-order valence-corrected chi connectivity index (χ2v) is 6.58. The van der Waals surface area contributed by atoms with Crippen molar-refractivity contribution in [2.45, 2.75) is 32.1 Å². The molecule has 6 heteroatoms. The molecule has 0 saturated carbocycles. The van der Waals surface area contributed by atoms with E-state index >= 15 is 0 Å². The summed E-state index contributed by atoms with van der Waals surface area (Å²) in [4.78, 5) is 18.7. The first-order valence-electron chi connectivity index (χ1n) is 7.85. The number of carbonyl (C=O) groups is 1. The molecule has 1 aliphatic rings. The molecule has 122 valence electrons. The van der Waals surface area contributed by atoms with Gasteiger partial charge in [0.2, 0.25) is 0 Å². The maximum Gasteiger partial charge on any atom is 0.273 e. The van der Waals surface area contributed by atoms with E-state index in [-0.39, 0.29) is 11.5 Å². The first kappa shape index (κ1) is 16.1. The van der Waals surface area contributed by atoms with Crippen molar-refractivity contribution < 1.29 is 13.6 Å². The van der Waals surface area contributed by atoms with Crippen LogP contribution in [0.1, 0.15) is 42.6 Å². The molecule has 0 unspecified atom stereocenters. The van der Waals surface area contributed by atoms with Crippen molar-refractivity contribution in [3.8, 4) is 10.6 Å². The fourth-order valence-electron chi connectivity index (χ4n) is 2.77. The van der Waals surface area contributed by atoms with Gasteiger partial charge in [-0.25, -0.2) is 13.8 Å². The Morgan fingerprint density at radius 3 is 2.48 bits per heavy atom. The van der Waals surface area contributed by atoms with E-state index in [0.29, 0.717) is 10.7 Å². The number of aromatic nitrogens is 1. The molecule has 23 heavy (non-hydrogen) atoms. The zero-order chi connectivity index (χ0) is 16.2. The summed E-state index contributed by atoms with van der Waals surface area (Å²) in [5.74, 6) is -1.39. The molecule has 0 bridgehead atoms. The van der Waals surface area contributed by atoms with Crippen LogP contribution in [0.25, 0.3) is 10.6 Å². The summed E-state index contributed by atoms with van der Waals surface area (Å²) in [5.41, 5.74) is 0.567. The number of thiazole rings is 1. The van der Waals surface area contributed by atoms with Gasteiger partial charge in [-0.2, -0.15) is 0 Å². The molecule has 1 saturated heterocycles. The monoisotopic (exact) mass is 336 g/mol. The molecular weight excluding hydrogens is 318 g/mol. The Morgan fingerprint density at radius 1 is 1.09 bits per heavy atom. The van der Waals surface area contributed by atoms with Crippen LogP contribution in [0.4, 0.5) is 8.78 Å². The van der Waals surface area contributed by atoms with Crippen LogP contribution in [0, 0.1) is 11.6 Å². The van der Waals surface area contributed by atoms with E-state index in [0.717, 1.165) is 44.8 Å². The molecule has 0 spiro atoms. The van der Waals surface area contributed by atoms with Crippen LogP contribution in [0.15, 0.2) is 23.6 Å². The molecule has 0 radical (unpaired) electrons. The standard InChI is InChI=1S/C17H18F2N2OS/c18-12-6-7-13(14(19)10-12)16-20-15(11-23-16)17(22)21-8-4-2-1-3-5-9-21/h6-7,10-11H,1-5,8-9H2. The minimum absolute atomic E-state index is 0.100. The summed E-state index contributed by atoms with van der Waals surface area (Å²) in [6.07, 6.45) is 5.54. The normalized spacial score (nSPS) is 16.0. The van der Waals surface area contributed by atoms with Crippen molar-refractivity contribution in [2.24, 2.45) is 0 Å². The lowest BCUT2D eigenvalue weighted by Gasteiger charge is -2.23. The molecule has 3 nitrogen and oxygen atoms in total. The highest BCUT2D eigenvalue weighted by Crippen LogP contribution is 2.27. The molecule has 0 N–H and O–H groups in total. The molecule has 0 atom stereocenters. The number of likely N-dealkylation sites (tertiary alicyclic amines) is 1. The Balaban J connectivity index is 1.79. The van der Waals surface area contributed by atoms with E-state index in [2.05, 4.69) is 4.98 Å². The summed E-state index contributed by atoms with van der Waals surface area (Å²) in [7, 11) is 0. The molecule has 1 amide bonds. The Bertz CT molecular complexity index is 694. The molecule has 1 aromatic heterocycles. The molecule has 2 aromatic rings. The zero-order valence-electron chi connectivity index (χ0n) is 12.7. The highest BCUT2D eigenvalue weighted by atomic mass is 32.1. The number of benzene rings is 1. The molecule has 1 aromatic carbocycles. The fourth-order valence-corrected chi connectivity index (χ4v) is 3.59. The fraction of sp³-hybridized carbons (Fsp3) is 0.412. The Morgan fingerprint density at radius 2 is 1.78 bits per heavy atom. The second-order valence-electron chi connectivity index (χ2n) is 5.72. The van der Waals surface area contributed by atoms with Gasteiger partial charge in [0.1, 0.15) is 22.3 Å². The second kappa shape index (κ2) is 7.17. The van der Waals surface area contributed by atoms with Gasteiger partial charge in [-0.15, -0.1) is 11.3 Å². The van der Waals surface area contributed by atoms with E-state index in [1.54, 1.807) is 5.38 Å². The largest absolute Gasteiger partial charge is 0.337 e. The third-order valence-corrected chi connectivity index (χ3v) is 4.90. The first-order chi connectivity index (χ1) is 11.1. The number of hydrogen-bond acceptors (Lipinski definition) is 3. The van der Waals surface area contributed by atoms with E-state index in [4.69, 9.17) is 0 Å². The Labute approximate surface area is 138 Å². The molecule has 3 rings (SSSR count). The summed E-state index contributed by atoms with van der Waals surface area (Å²) in [6, 6.07) is 3.38. The predicted octanol–water partition coefficient (Wildman–Crippen LogP) is 4.49. The van der Waals surface area contributed by atoms with Gasteiger partial charge < -0.3 is 4.90 Å². The van der Waals surface area contributed by atoms with Gasteiger partial charge in [0.15, 0.2) is 0 Å². The van der Waals surface area contributed by atoms with Gasteiger partial charge in [-0.3, -0.25) is 4.79 Å². The van der Waals surface area contributed by atoms with Crippen molar-refractivity contribution >= 4 is 17.2 Å². The van der Waals surface area contributed by atoms with Gasteiger partial charge in [0, 0.05) is 30.1 Å². The van der Waals surface area contributed by atoms with Gasteiger partial charge >= 0.3 is 0 Å². The number of amides is 1. The summed E-state index contributed by atoms with van der Waals surface area (Å²) < 4.78 is 26.8. The van der Waals surface area contributed by atoms with Crippen LogP contribution in [0.5, 0.6) is 0 Å². The van der Waals surface area contributed by atoms with Gasteiger partial charge in [0.25, 0.3) is 5.91 Å². The third-order valence-electron chi connectivity index (χ3n) is 4.03. The number of halogens is 2. The highest BCUT2D eigenvalue weighted by Gasteiger charge is 2.20. The van der Waals surface area contributed by atoms with Crippen molar-refractivity contribution in [3.63, 3.8) is 0 Å². The summed E-state index contributed by atoms with van der Waals surface area (Å²) in [5, 5.41) is 2.05. The van der Waals surface area contributed by atoms with Crippen LogP contribution in [-0.4, -0.2) is 28.9 Å². The first-order valence-corrected chi connectivity index (χ1v) is 8.73. The lowest BCUT2D eigenvalue weighted by Crippen LogP contribution is -2.34. The van der Waals surface area contributed by atoms with Crippen molar-refractivity contribution in [1.82, 2.24) is 9.88 Å². The van der Waals surface area contributed by atoms with Crippen LogP contribution in [-0.2, 0) is 0 Å². The molecule has 2 heterocycles. The van der Waals surface area contributed by atoms with Crippen molar-refractivity contribution in [2.75, 3.05) is 13.1 Å². The number of hydrogen-bond donors (Lipinski definition) is 0. The predicted molar refractivity (Wildman–Crippen MR) is 86.5 cm³/mol. The van der Waals surface area contributed by atoms with Gasteiger partial charge in [-0.05, 0) is 25.0 Å². The topological polar surface area (TPSA) is 33.2 Å². The van der Waals surface area contributed by atoms with Crippen molar-refractivity contribution in [3.05, 3.63) is 40.9 Å². The highest BCUT2D eigenvalue weighted by molar-refractivity contribution is 7.13. The van der Waals surface area contributed by atoms with Gasteiger partial charge in [0.05, 0.1) is 0 Å². The molecule has 1 fully saturated rings. The lowest BCUT2D eigenvalue weighted by atomic mass is 10.1. The average Bonchev–Trinajstić information content (AvgIpc) is 2.96. The molecular formula is C17H18F2N2OS. The smallest absolute Gasteiger partial charge is 0.273 e. The lowest BCUT2D eigenvalue weighted by molar-refractivity contribution is 0.0737. The van der Waals surface area contributed by atoms with Crippen LogP contribution >= 0.6 is 11.3 Å². The van der Waals surface area contributed by atoms with E-state index in [9.17, 15) is 13.6 Å². The maximum atomic E-state index is 13.8.